The quantitative estimate of drug-likeness (QED) is 0.163. The predicted molar refractivity (Wildman–Crippen MR) is 118 cm³/mol. The minimum atomic E-state index is -1.13. The number of ketones is 1. The van der Waals surface area contributed by atoms with E-state index in [0.717, 1.165) is 6.21 Å². The van der Waals surface area contributed by atoms with Gasteiger partial charge in [0.1, 0.15) is 17.7 Å². The molecule has 0 saturated carbocycles. The Morgan fingerprint density at radius 3 is 2.42 bits per heavy atom. The number of hydrogen-bond donors (Lipinski definition) is 3. The average molecular weight is 465 g/mol. The highest BCUT2D eigenvalue weighted by Gasteiger charge is 2.31. The number of ether oxygens (including phenoxy) is 1. The smallest absolute Gasteiger partial charge is 0.372 e. The maximum atomic E-state index is 13.1. The van der Waals surface area contributed by atoms with Crippen LogP contribution in [0.1, 0.15) is 39.3 Å². The first-order chi connectivity index (χ1) is 15.3. The van der Waals surface area contributed by atoms with Gasteiger partial charge in [-0.25, -0.2) is 9.78 Å². The minimum absolute atomic E-state index is 0.0461. The predicted octanol–water partition coefficient (Wildman–Crippen LogP) is -0.505. The maximum absolute atomic E-state index is 13.1. The summed E-state index contributed by atoms with van der Waals surface area (Å²) < 4.78 is 7.11. The van der Waals surface area contributed by atoms with Crippen LogP contribution in [0.3, 0.4) is 0 Å². The van der Waals surface area contributed by atoms with Crippen molar-refractivity contribution in [3.8, 4) is 0 Å². The Morgan fingerprint density at radius 2 is 1.91 bits per heavy atom. The third-order valence-corrected chi connectivity index (χ3v) is 4.34. The van der Waals surface area contributed by atoms with Crippen molar-refractivity contribution in [3.05, 3.63) is 18.2 Å². The van der Waals surface area contributed by atoms with Gasteiger partial charge in [-0.1, -0.05) is 0 Å². The molecule has 0 bridgehead atoms. The van der Waals surface area contributed by atoms with Crippen LogP contribution in [-0.4, -0.2) is 87.3 Å². The molecule has 0 aromatic carbocycles. The molecule has 2 atom stereocenters. The summed E-state index contributed by atoms with van der Waals surface area (Å²) in [5.74, 6) is -2.12. The number of likely N-dealkylation sites (N-methyl/N-ethyl adjacent to an activating group) is 1. The van der Waals surface area contributed by atoms with Crippen molar-refractivity contribution in [2.75, 3.05) is 20.6 Å². The van der Waals surface area contributed by atoms with E-state index in [1.165, 1.54) is 0 Å². The van der Waals surface area contributed by atoms with Crippen LogP contribution < -0.4 is 10.6 Å². The van der Waals surface area contributed by atoms with Crippen molar-refractivity contribution in [2.45, 2.75) is 57.7 Å². The summed E-state index contributed by atoms with van der Waals surface area (Å²) in [5, 5.41) is 5.31. The van der Waals surface area contributed by atoms with Gasteiger partial charge in [0.25, 0.3) is 0 Å². The summed E-state index contributed by atoms with van der Waals surface area (Å²) in [6.07, 6.45) is 3.98. The van der Waals surface area contributed by atoms with Crippen molar-refractivity contribution in [1.82, 2.24) is 25.1 Å². The molecule has 0 fully saturated rings. The Bertz CT molecular complexity index is 897. The molecule has 2 amide bonds. The van der Waals surface area contributed by atoms with E-state index in [2.05, 4.69) is 20.4 Å². The molecule has 1 rings (SSSR count). The molecule has 182 valence electrons. The Labute approximate surface area is 193 Å². The van der Waals surface area contributed by atoms with E-state index in [1.54, 1.807) is 63.9 Å². The van der Waals surface area contributed by atoms with Gasteiger partial charge >= 0.3 is 12.2 Å². The first-order valence-corrected chi connectivity index (χ1v) is 10.5. The number of imidazole rings is 1. The Balaban J connectivity index is 3.07. The molecule has 0 aliphatic heterocycles. The van der Waals surface area contributed by atoms with E-state index in [4.69, 9.17) is 10.3 Å². The van der Waals surface area contributed by atoms with E-state index in [-0.39, 0.29) is 31.7 Å². The second kappa shape index (κ2) is 12.6. The van der Waals surface area contributed by atoms with Gasteiger partial charge < -0.3 is 24.8 Å². The van der Waals surface area contributed by atoms with Crippen LogP contribution in [-0.2, 0) is 37.4 Å². The van der Waals surface area contributed by atoms with Gasteiger partial charge in [0.15, 0.2) is 0 Å². The van der Waals surface area contributed by atoms with E-state index in [1.807, 2.05) is 0 Å². The average Bonchev–Trinajstić information content (AvgIpc) is 3.07. The van der Waals surface area contributed by atoms with E-state index in [0.29, 0.717) is 5.69 Å². The summed E-state index contributed by atoms with van der Waals surface area (Å²) in [6, 6.07) is -2.11. The first kappa shape index (κ1) is 27.7. The summed E-state index contributed by atoms with van der Waals surface area (Å²) >= 11 is 0. The van der Waals surface area contributed by atoms with Gasteiger partial charge in [-0.2, -0.15) is 0 Å². The van der Waals surface area contributed by atoms with Crippen molar-refractivity contribution in [1.29, 1.82) is 5.53 Å². The van der Waals surface area contributed by atoms with Gasteiger partial charge in [-0.05, 0) is 41.3 Å². The number of amides is 2. The molecule has 12 heteroatoms. The lowest BCUT2D eigenvalue weighted by Crippen LogP contribution is -2.54. The molecule has 0 spiro atoms. The molecule has 33 heavy (non-hydrogen) atoms. The number of nitrogens with one attached hydrogen (secondary N) is 3. The molecule has 1 aromatic heterocycles. The van der Waals surface area contributed by atoms with Gasteiger partial charge in [0, 0.05) is 31.8 Å². The zero-order valence-corrected chi connectivity index (χ0v) is 20.0. The van der Waals surface area contributed by atoms with E-state index >= 15 is 0 Å². The number of carbonyl (C=O) groups excluding carboxylic acids is 4. The molecule has 12 nitrogen and oxygen atoms in total. The maximum Gasteiger partial charge on any atom is 0.372 e. The summed E-state index contributed by atoms with van der Waals surface area (Å²) in [4.78, 5) is 58.6. The summed E-state index contributed by atoms with van der Waals surface area (Å²) in [7, 11) is 5.22. The summed E-state index contributed by atoms with van der Waals surface area (Å²) in [5.41, 5.74) is 6.65. The number of esters is 1. The van der Waals surface area contributed by atoms with Crippen LogP contribution in [0, 0.1) is 5.53 Å². The van der Waals surface area contributed by atoms with Crippen molar-refractivity contribution >= 4 is 29.8 Å². The number of rotatable bonds is 12. The number of aryl methyl sites for hydroxylation is 1. The van der Waals surface area contributed by atoms with Crippen molar-refractivity contribution < 1.29 is 28.7 Å². The van der Waals surface area contributed by atoms with E-state index < -0.39 is 35.3 Å². The SMILES string of the molecule is CN(C)CC(=O)N[C@@H](Cc1cncn1C)C(=O)N[C@@H](CCC(=O)C=[N+]=N)C(=O)OC(C)(C)C. The molecule has 0 radical (unpaired) electrons. The highest BCUT2D eigenvalue weighted by atomic mass is 16.6. The third-order valence-electron chi connectivity index (χ3n) is 4.34. The second-order valence-electron chi connectivity index (χ2n) is 8.92. The number of nitrogens with zero attached hydrogens (tertiary/aromatic N) is 4. The fourth-order valence-corrected chi connectivity index (χ4v) is 2.84. The minimum Gasteiger partial charge on any atom is -0.458 e. The number of Topliss-reactive ketones (excluding diaryl/α,β-unsaturated/α-hetero) is 1. The second-order valence-corrected chi connectivity index (χ2v) is 8.92. The number of aromatic nitrogens is 2. The van der Waals surface area contributed by atoms with Crippen molar-refractivity contribution in [3.63, 3.8) is 0 Å². The van der Waals surface area contributed by atoms with Crippen molar-refractivity contribution in [2.24, 2.45) is 7.05 Å². The fraction of sp³-hybridized carbons (Fsp3) is 0.619. The van der Waals surface area contributed by atoms with Gasteiger partial charge in [0.2, 0.25) is 17.6 Å². The van der Waals surface area contributed by atoms with Crippen LogP contribution in [0.4, 0.5) is 0 Å². The lowest BCUT2D eigenvalue weighted by molar-refractivity contribution is -0.159. The largest absolute Gasteiger partial charge is 0.458 e. The highest BCUT2D eigenvalue weighted by Crippen LogP contribution is 2.12. The first-order valence-electron chi connectivity index (χ1n) is 10.5. The van der Waals surface area contributed by atoms with Crippen LogP contribution in [0.25, 0.3) is 0 Å². The zero-order valence-electron chi connectivity index (χ0n) is 20.0. The molecular formula is C21H34N7O5+. The van der Waals surface area contributed by atoms with Gasteiger partial charge in [0.05, 0.1) is 23.2 Å². The fourth-order valence-electron chi connectivity index (χ4n) is 2.84. The zero-order chi connectivity index (χ0) is 25.2. The normalized spacial score (nSPS) is 12.9. The van der Waals surface area contributed by atoms with Crippen LogP contribution in [0.5, 0.6) is 0 Å². The Morgan fingerprint density at radius 1 is 1.24 bits per heavy atom. The molecule has 0 unspecified atom stereocenters. The molecule has 0 saturated heterocycles. The molecule has 1 aromatic rings. The van der Waals surface area contributed by atoms with Crippen LogP contribution in [0.15, 0.2) is 12.5 Å². The Hall–Kier alpha value is -3.37. The number of hydrogen-bond acceptors (Lipinski definition) is 8. The lowest BCUT2D eigenvalue weighted by atomic mass is 10.1. The lowest BCUT2D eigenvalue weighted by Gasteiger charge is -2.26. The Kier molecular flexibility index (Phi) is 10.6. The molecule has 0 aliphatic rings. The standard InChI is InChI=1S/C21H33N7O5/c1-21(2,3)33-20(32)16(8-7-15(29)11-24-22)26-19(31)17(25-18(30)12-27(4)5)9-14-10-23-13-28(14)6/h10-11,13,16-17,22H,7-9,12H2,1-6H3,(H-,25,26,30,31)/p+1/t16-,17-/m0/s1. The molecule has 1 heterocycles. The van der Waals surface area contributed by atoms with Crippen LogP contribution >= 0.6 is 0 Å². The monoisotopic (exact) mass is 464 g/mol. The topological polar surface area (TPSA) is 161 Å². The molecule has 0 aliphatic carbocycles. The van der Waals surface area contributed by atoms with E-state index in [9.17, 15) is 19.2 Å². The highest BCUT2D eigenvalue weighted by molar-refractivity contribution is 6.25. The van der Waals surface area contributed by atoms with Gasteiger partial charge in [-0.15, -0.1) is 0 Å². The molecule has 3 N–H and O–H groups in total. The van der Waals surface area contributed by atoms with Gasteiger partial charge in [-0.3, -0.25) is 14.4 Å². The summed E-state index contributed by atoms with van der Waals surface area (Å²) in [6.45, 7) is 5.14. The van der Waals surface area contributed by atoms with Crippen LogP contribution in [0.2, 0.25) is 0 Å². The third kappa shape index (κ3) is 10.7. The molecular weight excluding hydrogens is 430 g/mol. The number of carbonyl (C=O) groups is 4.